The van der Waals surface area contributed by atoms with Gasteiger partial charge in [-0.25, -0.2) is 0 Å². The molecule has 0 aromatic heterocycles. The molecule has 1 aliphatic carbocycles. The highest BCUT2D eigenvalue weighted by molar-refractivity contribution is 5.80. The van der Waals surface area contributed by atoms with Gasteiger partial charge in [0.1, 0.15) is 0 Å². The fourth-order valence-electron chi connectivity index (χ4n) is 2.62. The number of guanidine groups is 1. The Balaban J connectivity index is 1.80. The van der Waals surface area contributed by atoms with E-state index in [0.29, 0.717) is 12.6 Å². The molecule has 2 rings (SSSR count). The third-order valence-electron chi connectivity index (χ3n) is 4.25. The molecule has 1 aromatic rings. The predicted octanol–water partition coefficient (Wildman–Crippen LogP) is 2.48. The van der Waals surface area contributed by atoms with Crippen molar-refractivity contribution in [1.29, 1.82) is 0 Å². The molecule has 0 spiro atoms. The Morgan fingerprint density at radius 1 is 1.32 bits per heavy atom. The first kappa shape index (κ1) is 16.8. The van der Waals surface area contributed by atoms with Crippen LogP contribution in [0, 0.1) is 0 Å². The molecule has 4 nitrogen and oxygen atoms in total. The van der Waals surface area contributed by atoms with Crippen LogP contribution in [0.3, 0.4) is 0 Å². The van der Waals surface area contributed by atoms with Crippen LogP contribution in [-0.2, 0) is 6.42 Å². The van der Waals surface area contributed by atoms with Gasteiger partial charge in [-0.05, 0) is 51.5 Å². The van der Waals surface area contributed by atoms with Gasteiger partial charge in [0.2, 0.25) is 0 Å². The molecule has 1 saturated carbocycles. The molecule has 0 aliphatic heterocycles. The fourth-order valence-corrected chi connectivity index (χ4v) is 2.62. The number of aliphatic imine (C=N–C) groups is 1. The monoisotopic (exact) mass is 303 g/mol. The number of nitrogens with zero attached hydrogens (tertiary/aromatic N) is 1. The van der Waals surface area contributed by atoms with Crippen molar-refractivity contribution in [2.75, 3.05) is 13.1 Å². The summed E-state index contributed by atoms with van der Waals surface area (Å²) in [4.78, 5) is 4.55. The maximum Gasteiger partial charge on any atom is 0.191 e. The van der Waals surface area contributed by atoms with Crippen molar-refractivity contribution in [2.24, 2.45) is 4.99 Å². The van der Waals surface area contributed by atoms with E-state index in [1.54, 1.807) is 0 Å². The SMILES string of the molecule is CCNC(=NCC1(O)CCC1)NC(C)CCc1ccccc1. The highest BCUT2D eigenvalue weighted by Gasteiger charge is 2.34. The van der Waals surface area contributed by atoms with E-state index in [0.717, 1.165) is 44.6 Å². The summed E-state index contributed by atoms with van der Waals surface area (Å²) >= 11 is 0. The van der Waals surface area contributed by atoms with E-state index in [9.17, 15) is 5.11 Å². The number of hydrogen-bond donors (Lipinski definition) is 3. The number of hydrogen-bond acceptors (Lipinski definition) is 2. The van der Waals surface area contributed by atoms with Gasteiger partial charge in [0.25, 0.3) is 0 Å². The molecule has 0 bridgehead atoms. The van der Waals surface area contributed by atoms with E-state index < -0.39 is 5.60 Å². The van der Waals surface area contributed by atoms with Crippen molar-refractivity contribution in [1.82, 2.24) is 10.6 Å². The van der Waals surface area contributed by atoms with Crippen LogP contribution in [0.25, 0.3) is 0 Å². The van der Waals surface area contributed by atoms with Crippen LogP contribution < -0.4 is 10.6 Å². The largest absolute Gasteiger partial charge is 0.388 e. The Bertz CT molecular complexity index is 468. The summed E-state index contributed by atoms with van der Waals surface area (Å²) in [6, 6.07) is 10.9. The van der Waals surface area contributed by atoms with Crippen LogP contribution in [-0.4, -0.2) is 35.8 Å². The number of nitrogens with one attached hydrogen (secondary N) is 2. The zero-order valence-electron chi connectivity index (χ0n) is 13.8. The summed E-state index contributed by atoms with van der Waals surface area (Å²) in [6.07, 6.45) is 4.97. The predicted molar refractivity (Wildman–Crippen MR) is 92.1 cm³/mol. The molecular weight excluding hydrogens is 274 g/mol. The Morgan fingerprint density at radius 3 is 2.64 bits per heavy atom. The van der Waals surface area contributed by atoms with Gasteiger partial charge in [-0.3, -0.25) is 4.99 Å². The normalized spacial score (nSPS) is 18.4. The van der Waals surface area contributed by atoms with Gasteiger partial charge in [0.05, 0.1) is 12.1 Å². The molecular formula is C18H29N3O. The van der Waals surface area contributed by atoms with Crippen molar-refractivity contribution in [3.63, 3.8) is 0 Å². The van der Waals surface area contributed by atoms with E-state index in [2.05, 4.69) is 53.7 Å². The zero-order valence-corrected chi connectivity index (χ0v) is 13.8. The minimum absolute atomic E-state index is 0.342. The first-order chi connectivity index (χ1) is 10.6. The molecule has 0 amide bonds. The van der Waals surface area contributed by atoms with Crippen LogP contribution in [0.2, 0.25) is 0 Å². The molecule has 1 fully saturated rings. The Kier molecular flexibility index (Phi) is 6.25. The molecule has 0 radical (unpaired) electrons. The summed E-state index contributed by atoms with van der Waals surface area (Å²) in [5.74, 6) is 0.809. The minimum atomic E-state index is -0.560. The lowest BCUT2D eigenvalue weighted by Crippen LogP contribution is -2.45. The van der Waals surface area contributed by atoms with Crippen LogP contribution in [0.4, 0.5) is 0 Å². The van der Waals surface area contributed by atoms with Crippen LogP contribution in [0.5, 0.6) is 0 Å². The molecule has 3 N–H and O–H groups in total. The minimum Gasteiger partial charge on any atom is -0.388 e. The second-order valence-electron chi connectivity index (χ2n) is 6.34. The molecule has 4 heteroatoms. The third-order valence-corrected chi connectivity index (χ3v) is 4.25. The van der Waals surface area contributed by atoms with Gasteiger partial charge in [-0.15, -0.1) is 0 Å². The van der Waals surface area contributed by atoms with Crippen LogP contribution >= 0.6 is 0 Å². The van der Waals surface area contributed by atoms with E-state index >= 15 is 0 Å². The maximum atomic E-state index is 10.2. The average molecular weight is 303 g/mol. The highest BCUT2D eigenvalue weighted by atomic mass is 16.3. The second-order valence-corrected chi connectivity index (χ2v) is 6.34. The Hall–Kier alpha value is -1.55. The average Bonchev–Trinajstić information content (AvgIpc) is 2.50. The van der Waals surface area contributed by atoms with Crippen molar-refractivity contribution < 1.29 is 5.11 Å². The zero-order chi connectivity index (χ0) is 15.8. The molecule has 0 heterocycles. The summed E-state index contributed by atoms with van der Waals surface area (Å²) in [5, 5.41) is 16.8. The van der Waals surface area contributed by atoms with Crippen molar-refractivity contribution in [3.05, 3.63) is 35.9 Å². The van der Waals surface area contributed by atoms with E-state index in [1.807, 2.05) is 6.07 Å². The lowest BCUT2D eigenvalue weighted by atomic mass is 9.80. The highest BCUT2D eigenvalue weighted by Crippen LogP contribution is 2.31. The quantitative estimate of drug-likeness (QED) is 0.536. The summed E-state index contributed by atoms with van der Waals surface area (Å²) in [6.45, 7) is 5.56. The van der Waals surface area contributed by atoms with E-state index in [1.165, 1.54) is 5.56 Å². The van der Waals surface area contributed by atoms with Crippen molar-refractivity contribution in [3.8, 4) is 0 Å². The van der Waals surface area contributed by atoms with Gasteiger partial charge in [0.15, 0.2) is 5.96 Å². The lowest BCUT2D eigenvalue weighted by Gasteiger charge is -2.35. The molecule has 1 aliphatic rings. The van der Waals surface area contributed by atoms with Crippen LogP contribution in [0.15, 0.2) is 35.3 Å². The van der Waals surface area contributed by atoms with Crippen molar-refractivity contribution >= 4 is 5.96 Å². The van der Waals surface area contributed by atoms with Gasteiger partial charge in [0, 0.05) is 12.6 Å². The van der Waals surface area contributed by atoms with Crippen LogP contribution in [0.1, 0.15) is 45.1 Å². The third kappa shape index (κ3) is 5.34. The second kappa shape index (κ2) is 8.18. The number of benzene rings is 1. The molecule has 122 valence electrons. The Morgan fingerprint density at radius 2 is 2.05 bits per heavy atom. The first-order valence-corrected chi connectivity index (χ1v) is 8.42. The van der Waals surface area contributed by atoms with Gasteiger partial charge >= 0.3 is 0 Å². The maximum absolute atomic E-state index is 10.2. The van der Waals surface area contributed by atoms with E-state index in [4.69, 9.17) is 0 Å². The summed E-state index contributed by atoms with van der Waals surface area (Å²) in [7, 11) is 0. The first-order valence-electron chi connectivity index (χ1n) is 8.42. The topological polar surface area (TPSA) is 56.7 Å². The standard InChI is InChI=1S/C18H29N3O/c1-3-19-17(20-14-18(22)12-7-13-18)21-15(2)10-11-16-8-5-4-6-9-16/h4-6,8-9,15,22H,3,7,10-14H2,1-2H3,(H2,19,20,21). The molecule has 22 heavy (non-hydrogen) atoms. The number of aliphatic hydroxyl groups is 1. The molecule has 1 atom stereocenters. The Labute approximate surface area is 134 Å². The summed E-state index contributed by atoms with van der Waals surface area (Å²) in [5.41, 5.74) is 0.803. The molecule has 1 unspecified atom stereocenters. The lowest BCUT2D eigenvalue weighted by molar-refractivity contribution is -0.0236. The van der Waals surface area contributed by atoms with Gasteiger partial charge in [-0.1, -0.05) is 30.3 Å². The molecule has 0 saturated heterocycles. The smallest absolute Gasteiger partial charge is 0.191 e. The van der Waals surface area contributed by atoms with Gasteiger partial charge in [-0.2, -0.15) is 0 Å². The van der Waals surface area contributed by atoms with Gasteiger partial charge < -0.3 is 15.7 Å². The number of rotatable bonds is 7. The number of aryl methyl sites for hydroxylation is 1. The van der Waals surface area contributed by atoms with E-state index in [-0.39, 0.29) is 0 Å². The fraction of sp³-hybridized carbons (Fsp3) is 0.611. The summed E-state index contributed by atoms with van der Waals surface area (Å²) < 4.78 is 0. The van der Waals surface area contributed by atoms with Crippen molar-refractivity contribution in [2.45, 2.75) is 57.6 Å². The molecule has 1 aromatic carbocycles.